The number of morpholine rings is 1. The van der Waals surface area contributed by atoms with Crippen molar-refractivity contribution < 1.29 is 9.53 Å². The molecule has 7 nitrogen and oxygen atoms in total. The molecule has 0 bridgehead atoms. The topological polar surface area (TPSA) is 96.3 Å². The van der Waals surface area contributed by atoms with Crippen LogP contribution in [0.4, 0.5) is 5.69 Å². The van der Waals surface area contributed by atoms with Crippen LogP contribution in [0.2, 0.25) is 0 Å². The Balaban J connectivity index is 1.99. The first-order chi connectivity index (χ1) is 8.72. The van der Waals surface area contributed by atoms with Gasteiger partial charge in [0.1, 0.15) is 0 Å². The number of nitrogens with one attached hydrogen (secondary N) is 2. The molecule has 2 heterocycles. The summed E-state index contributed by atoms with van der Waals surface area (Å²) < 4.78 is 5.21. The predicted molar refractivity (Wildman–Crippen MR) is 66.9 cm³/mol. The summed E-state index contributed by atoms with van der Waals surface area (Å²) in [6.45, 7) is 4.65. The summed E-state index contributed by atoms with van der Waals surface area (Å²) in [6, 6.07) is 0. The van der Waals surface area contributed by atoms with E-state index in [0.717, 1.165) is 18.5 Å². The van der Waals surface area contributed by atoms with Crippen LogP contribution in [0.1, 0.15) is 29.5 Å². The van der Waals surface area contributed by atoms with E-state index in [4.69, 9.17) is 10.5 Å². The van der Waals surface area contributed by atoms with Crippen LogP contribution >= 0.6 is 0 Å². The van der Waals surface area contributed by atoms with Crippen LogP contribution in [0.25, 0.3) is 0 Å². The molecular weight excluding hydrogens is 234 g/mol. The number of rotatable bonds is 4. The standard InChI is InChI=1S/C11H19N5O2/c1-2-3-8-9(12)10(14-13-8)11(17)15-16-4-6-18-7-5-16/h2-7,12H2,1H3,(H,13,14)(H,15,17). The van der Waals surface area contributed by atoms with Crippen molar-refractivity contribution >= 4 is 11.6 Å². The lowest BCUT2D eigenvalue weighted by Crippen LogP contribution is -2.48. The number of aromatic amines is 1. The highest BCUT2D eigenvalue weighted by atomic mass is 16.5. The Hall–Kier alpha value is -1.60. The average molecular weight is 253 g/mol. The fourth-order valence-electron chi connectivity index (χ4n) is 1.87. The maximum absolute atomic E-state index is 12.0. The molecule has 1 aliphatic rings. The molecule has 100 valence electrons. The highest BCUT2D eigenvalue weighted by Crippen LogP contribution is 2.15. The minimum absolute atomic E-state index is 0.268. The van der Waals surface area contributed by atoms with Gasteiger partial charge in [0.2, 0.25) is 0 Å². The van der Waals surface area contributed by atoms with Crippen molar-refractivity contribution in [3.8, 4) is 0 Å². The average Bonchev–Trinajstić information content (AvgIpc) is 2.73. The van der Waals surface area contributed by atoms with E-state index in [9.17, 15) is 4.79 Å². The highest BCUT2D eigenvalue weighted by molar-refractivity contribution is 5.97. The summed E-state index contributed by atoms with van der Waals surface area (Å²) in [5.74, 6) is -0.270. The Labute approximate surface area is 106 Å². The minimum Gasteiger partial charge on any atom is -0.395 e. The Morgan fingerprint density at radius 1 is 1.56 bits per heavy atom. The molecular formula is C11H19N5O2. The zero-order valence-electron chi connectivity index (χ0n) is 10.5. The molecule has 1 aliphatic heterocycles. The van der Waals surface area contributed by atoms with Gasteiger partial charge in [0.15, 0.2) is 5.69 Å². The van der Waals surface area contributed by atoms with Crippen LogP contribution < -0.4 is 11.2 Å². The predicted octanol–water partition coefficient (Wildman–Crippen LogP) is -0.0786. The van der Waals surface area contributed by atoms with E-state index >= 15 is 0 Å². The van der Waals surface area contributed by atoms with E-state index in [1.807, 2.05) is 11.9 Å². The number of carbonyl (C=O) groups excluding carboxylic acids is 1. The molecule has 4 N–H and O–H groups in total. The summed E-state index contributed by atoms with van der Waals surface area (Å²) in [4.78, 5) is 12.0. The second-order valence-corrected chi connectivity index (χ2v) is 4.25. The number of nitrogen functional groups attached to an aromatic ring is 1. The summed E-state index contributed by atoms with van der Waals surface area (Å²) >= 11 is 0. The van der Waals surface area contributed by atoms with Gasteiger partial charge in [-0.15, -0.1) is 0 Å². The quantitative estimate of drug-likeness (QED) is 0.697. The van der Waals surface area contributed by atoms with Crippen LogP contribution in [0.15, 0.2) is 0 Å². The van der Waals surface area contributed by atoms with Gasteiger partial charge in [-0.05, 0) is 6.42 Å². The van der Waals surface area contributed by atoms with Crippen molar-refractivity contribution in [2.75, 3.05) is 32.0 Å². The van der Waals surface area contributed by atoms with Gasteiger partial charge in [0.25, 0.3) is 5.91 Å². The second-order valence-electron chi connectivity index (χ2n) is 4.25. The number of anilines is 1. The summed E-state index contributed by atoms with van der Waals surface area (Å²) in [7, 11) is 0. The third-order valence-corrected chi connectivity index (χ3v) is 2.87. The number of aromatic nitrogens is 2. The van der Waals surface area contributed by atoms with Gasteiger partial charge in [-0.1, -0.05) is 13.3 Å². The largest absolute Gasteiger partial charge is 0.395 e. The van der Waals surface area contributed by atoms with Crippen molar-refractivity contribution in [3.63, 3.8) is 0 Å². The van der Waals surface area contributed by atoms with Crippen molar-refractivity contribution in [3.05, 3.63) is 11.4 Å². The van der Waals surface area contributed by atoms with Gasteiger partial charge in [0.05, 0.1) is 24.6 Å². The molecule has 1 fully saturated rings. The maximum Gasteiger partial charge on any atom is 0.288 e. The lowest BCUT2D eigenvalue weighted by molar-refractivity contribution is 0.0125. The third kappa shape index (κ3) is 2.80. The van der Waals surface area contributed by atoms with E-state index in [2.05, 4.69) is 15.6 Å². The molecule has 0 unspecified atom stereocenters. The zero-order valence-corrected chi connectivity index (χ0v) is 10.5. The lowest BCUT2D eigenvalue weighted by atomic mass is 10.2. The van der Waals surface area contributed by atoms with E-state index < -0.39 is 0 Å². The number of hydrogen-bond acceptors (Lipinski definition) is 5. The fourth-order valence-corrected chi connectivity index (χ4v) is 1.87. The molecule has 0 spiro atoms. The van der Waals surface area contributed by atoms with Crippen LogP contribution in [0, 0.1) is 0 Å². The molecule has 0 radical (unpaired) electrons. The van der Waals surface area contributed by atoms with E-state index in [1.54, 1.807) is 0 Å². The van der Waals surface area contributed by atoms with E-state index in [0.29, 0.717) is 32.0 Å². The molecule has 0 aromatic carbocycles. The van der Waals surface area contributed by atoms with Gasteiger partial charge >= 0.3 is 0 Å². The van der Waals surface area contributed by atoms with Gasteiger partial charge in [-0.3, -0.25) is 15.3 Å². The monoisotopic (exact) mass is 253 g/mol. The van der Waals surface area contributed by atoms with E-state index in [1.165, 1.54) is 0 Å². The first-order valence-corrected chi connectivity index (χ1v) is 6.18. The number of H-pyrrole nitrogens is 1. The van der Waals surface area contributed by atoms with E-state index in [-0.39, 0.29) is 11.6 Å². The van der Waals surface area contributed by atoms with Crippen molar-refractivity contribution in [1.29, 1.82) is 0 Å². The Bertz CT molecular complexity index is 412. The zero-order chi connectivity index (χ0) is 13.0. The fraction of sp³-hybridized carbons (Fsp3) is 0.636. The first kappa shape index (κ1) is 12.8. The molecule has 1 saturated heterocycles. The molecule has 18 heavy (non-hydrogen) atoms. The van der Waals surface area contributed by atoms with Crippen molar-refractivity contribution in [2.24, 2.45) is 0 Å². The number of aryl methyl sites for hydroxylation is 1. The lowest BCUT2D eigenvalue weighted by Gasteiger charge is -2.26. The number of carbonyl (C=O) groups is 1. The molecule has 2 rings (SSSR count). The van der Waals surface area contributed by atoms with Crippen LogP contribution in [0.3, 0.4) is 0 Å². The second kappa shape index (κ2) is 5.83. The molecule has 7 heteroatoms. The van der Waals surface area contributed by atoms with Crippen LogP contribution in [-0.2, 0) is 11.2 Å². The maximum atomic E-state index is 12.0. The molecule has 1 amide bonds. The normalized spacial score (nSPS) is 16.7. The number of hydrogen-bond donors (Lipinski definition) is 3. The molecule has 0 saturated carbocycles. The smallest absolute Gasteiger partial charge is 0.288 e. The Kier molecular flexibility index (Phi) is 4.16. The summed E-state index contributed by atoms with van der Waals surface area (Å²) in [5, 5.41) is 8.61. The molecule has 0 aliphatic carbocycles. The SMILES string of the molecule is CCCc1[nH]nc(C(=O)NN2CCOCC2)c1N. The molecule has 0 atom stereocenters. The Morgan fingerprint density at radius 3 is 2.94 bits per heavy atom. The van der Waals surface area contributed by atoms with Gasteiger partial charge in [0, 0.05) is 13.1 Å². The van der Waals surface area contributed by atoms with Gasteiger partial charge in [-0.25, -0.2) is 5.01 Å². The minimum atomic E-state index is -0.270. The Morgan fingerprint density at radius 2 is 2.28 bits per heavy atom. The number of ether oxygens (including phenoxy) is 1. The number of hydrazine groups is 1. The number of nitrogens with zero attached hydrogens (tertiary/aromatic N) is 2. The molecule has 1 aromatic rings. The highest BCUT2D eigenvalue weighted by Gasteiger charge is 2.20. The van der Waals surface area contributed by atoms with Crippen molar-refractivity contribution in [1.82, 2.24) is 20.6 Å². The number of amides is 1. The summed E-state index contributed by atoms with van der Waals surface area (Å²) in [5.41, 5.74) is 10.2. The van der Waals surface area contributed by atoms with Crippen LogP contribution in [-0.4, -0.2) is 47.4 Å². The van der Waals surface area contributed by atoms with Crippen LogP contribution in [0.5, 0.6) is 0 Å². The molecule has 1 aromatic heterocycles. The first-order valence-electron chi connectivity index (χ1n) is 6.18. The van der Waals surface area contributed by atoms with Gasteiger partial charge < -0.3 is 10.5 Å². The number of nitrogens with two attached hydrogens (primary N) is 1. The van der Waals surface area contributed by atoms with Crippen molar-refractivity contribution in [2.45, 2.75) is 19.8 Å². The van der Waals surface area contributed by atoms with Gasteiger partial charge in [-0.2, -0.15) is 5.10 Å². The summed E-state index contributed by atoms with van der Waals surface area (Å²) in [6.07, 6.45) is 1.75. The third-order valence-electron chi connectivity index (χ3n) is 2.87.